The number of aromatic nitrogens is 1. The fraction of sp³-hybridized carbons (Fsp3) is 0.489. The molecular weight excluding hydrogens is 785 g/mol. The van der Waals surface area contributed by atoms with Crippen LogP contribution in [0.4, 0.5) is 14.7 Å². The van der Waals surface area contributed by atoms with Crippen molar-refractivity contribution in [3.63, 3.8) is 0 Å². The van der Waals surface area contributed by atoms with E-state index in [1.54, 1.807) is 39.5 Å². The first-order valence-corrected chi connectivity index (χ1v) is 21.1. The highest BCUT2D eigenvalue weighted by Gasteiger charge is 2.32. The van der Waals surface area contributed by atoms with Gasteiger partial charge in [-0.15, -0.1) is 0 Å². The third-order valence-corrected chi connectivity index (χ3v) is 9.56. The summed E-state index contributed by atoms with van der Waals surface area (Å²) in [7, 11) is 0. The van der Waals surface area contributed by atoms with Crippen molar-refractivity contribution in [1.29, 1.82) is 0 Å². The number of thiazole rings is 1. The molecule has 0 bridgehead atoms. The molecule has 5 amide bonds. The van der Waals surface area contributed by atoms with Gasteiger partial charge in [-0.3, -0.25) is 14.9 Å². The third-order valence-electron chi connectivity index (χ3n) is 8.63. The number of carbonyl (C=O) groups excluding carboxylic acids is 4. The van der Waals surface area contributed by atoms with Gasteiger partial charge in [-0.2, -0.15) is 0 Å². The summed E-state index contributed by atoms with van der Waals surface area (Å²) in [6, 6.07) is 21.1. The van der Waals surface area contributed by atoms with E-state index in [2.05, 4.69) is 21.3 Å². The first-order chi connectivity index (χ1) is 28.2. The van der Waals surface area contributed by atoms with Crippen molar-refractivity contribution < 1.29 is 38.1 Å². The van der Waals surface area contributed by atoms with Gasteiger partial charge in [-0.05, 0) is 104 Å². The van der Waals surface area contributed by atoms with Crippen LogP contribution in [0.3, 0.4) is 0 Å². The lowest BCUT2D eigenvalue weighted by Crippen LogP contribution is -2.54. The molecule has 4 rings (SSSR count). The molecule has 326 valence electrons. The highest BCUT2D eigenvalue weighted by atomic mass is 32.1. The molecule has 0 saturated heterocycles. The maximum atomic E-state index is 15.0. The first kappa shape index (κ1) is 47.4. The molecule has 60 heavy (non-hydrogen) atoms. The fourth-order valence-electron chi connectivity index (χ4n) is 6.24. The summed E-state index contributed by atoms with van der Waals surface area (Å²) in [4.78, 5) is 60.7. The molecule has 0 aliphatic carbocycles. The summed E-state index contributed by atoms with van der Waals surface area (Å²) >= 11 is 1.29. The lowest BCUT2D eigenvalue weighted by Gasteiger charge is -2.32. The first-order valence-electron chi connectivity index (χ1n) is 20.3. The average Bonchev–Trinajstić information content (AvgIpc) is 3.56. The monoisotopic (exact) mass is 846 g/mol. The summed E-state index contributed by atoms with van der Waals surface area (Å²) in [5.41, 5.74) is 0.973. The van der Waals surface area contributed by atoms with E-state index in [0.717, 1.165) is 15.8 Å². The van der Waals surface area contributed by atoms with Gasteiger partial charge in [0.15, 0.2) is 11.4 Å². The number of para-hydroxylation sites is 1. The lowest BCUT2D eigenvalue weighted by atomic mass is 9.99. The predicted octanol–water partition coefficient (Wildman–Crippen LogP) is 7.94. The van der Waals surface area contributed by atoms with Crippen molar-refractivity contribution in [2.75, 3.05) is 25.1 Å². The number of urea groups is 1. The van der Waals surface area contributed by atoms with E-state index in [0.29, 0.717) is 41.7 Å². The van der Waals surface area contributed by atoms with Gasteiger partial charge >= 0.3 is 12.1 Å². The van der Waals surface area contributed by atoms with Crippen LogP contribution in [0, 0.1) is 0 Å². The highest BCUT2D eigenvalue weighted by molar-refractivity contribution is 7.22. The SMILES string of the molecule is CCOC(CN(Cc1cccc2sc(NC(=O)OC(C)(C)C)nc12)C(=O)[C@H](Cc1ccc(OC(C)(C)C)cc1)NC(=O)CC(C)(C)NC(=O)NCc1ccccc1)OCC. The van der Waals surface area contributed by atoms with E-state index in [9.17, 15) is 19.2 Å². The quantitative estimate of drug-likeness (QED) is 0.0685. The minimum atomic E-state index is -1.03. The molecule has 1 atom stereocenters. The number of benzene rings is 3. The largest absolute Gasteiger partial charge is 0.488 e. The second-order valence-electron chi connectivity index (χ2n) is 17.0. The molecule has 3 aromatic carbocycles. The predicted molar refractivity (Wildman–Crippen MR) is 235 cm³/mol. The Kier molecular flexibility index (Phi) is 16.9. The second kappa shape index (κ2) is 21.3. The summed E-state index contributed by atoms with van der Waals surface area (Å²) in [5.74, 6) is -0.139. The molecule has 0 unspecified atom stereocenters. The molecule has 4 aromatic rings. The fourth-order valence-corrected chi connectivity index (χ4v) is 7.14. The Hall–Kier alpha value is -5.25. The van der Waals surface area contributed by atoms with Gasteiger partial charge < -0.3 is 39.8 Å². The summed E-state index contributed by atoms with van der Waals surface area (Å²) in [5, 5.41) is 11.8. The van der Waals surface area contributed by atoms with Gasteiger partial charge in [0.1, 0.15) is 23.0 Å². The number of hydrogen-bond acceptors (Lipinski definition) is 10. The lowest BCUT2D eigenvalue weighted by molar-refractivity contribution is -0.161. The number of carbonyl (C=O) groups is 4. The molecule has 0 aliphatic rings. The van der Waals surface area contributed by atoms with Crippen LogP contribution in [0.1, 0.15) is 92.3 Å². The molecule has 0 spiro atoms. The minimum absolute atomic E-state index is 0.0451. The van der Waals surface area contributed by atoms with E-state index >= 15 is 0 Å². The van der Waals surface area contributed by atoms with Crippen LogP contribution in [-0.4, -0.2) is 82.7 Å². The van der Waals surface area contributed by atoms with Crippen LogP contribution in [0.25, 0.3) is 10.2 Å². The van der Waals surface area contributed by atoms with Crippen LogP contribution in [0.15, 0.2) is 72.8 Å². The average molecular weight is 847 g/mol. The van der Waals surface area contributed by atoms with Gasteiger partial charge in [-0.1, -0.05) is 65.9 Å². The van der Waals surface area contributed by atoms with Gasteiger partial charge in [0.05, 0.1) is 16.8 Å². The van der Waals surface area contributed by atoms with Gasteiger partial charge in [0, 0.05) is 44.7 Å². The van der Waals surface area contributed by atoms with Crippen molar-refractivity contribution in [1.82, 2.24) is 25.8 Å². The molecule has 4 N–H and O–H groups in total. The molecule has 15 heteroatoms. The van der Waals surface area contributed by atoms with Crippen LogP contribution in [-0.2, 0) is 43.3 Å². The number of hydrogen-bond donors (Lipinski definition) is 4. The van der Waals surface area contributed by atoms with E-state index < -0.39 is 47.1 Å². The maximum Gasteiger partial charge on any atom is 0.413 e. The van der Waals surface area contributed by atoms with Crippen LogP contribution < -0.4 is 26.0 Å². The molecule has 0 fully saturated rings. The van der Waals surface area contributed by atoms with E-state index in [-0.39, 0.29) is 31.8 Å². The summed E-state index contributed by atoms with van der Waals surface area (Å²) in [6.07, 6.45) is -1.34. The summed E-state index contributed by atoms with van der Waals surface area (Å²) < 4.78 is 24.1. The normalized spacial score (nSPS) is 12.4. The zero-order valence-corrected chi connectivity index (χ0v) is 37.4. The zero-order valence-electron chi connectivity index (χ0n) is 36.6. The van der Waals surface area contributed by atoms with Crippen molar-refractivity contribution in [3.05, 3.63) is 89.5 Å². The molecule has 14 nitrogen and oxygen atoms in total. The molecule has 1 heterocycles. The van der Waals surface area contributed by atoms with Crippen molar-refractivity contribution in [2.24, 2.45) is 0 Å². The number of fused-ring (bicyclic) bond motifs is 1. The Morgan fingerprint density at radius 3 is 2.08 bits per heavy atom. The standard InChI is InChI=1S/C45H62N6O8S/c1-11-56-37(57-12-2)29-51(28-32-19-16-20-35-38(32)48-41(60-35)49-42(55)59-44(6,7)8)39(53)34(25-30-21-23-33(24-22-30)58-43(3,4)5)47-36(52)26-45(9,10)50-40(54)46-27-31-17-14-13-15-18-31/h13-24,34,37H,11-12,25-29H2,1-10H3,(H,47,52)(H2,46,50,54)(H,48,49,55)/t34-/m0/s1. The van der Waals surface area contributed by atoms with E-state index in [4.69, 9.17) is 23.9 Å². The smallest absolute Gasteiger partial charge is 0.413 e. The van der Waals surface area contributed by atoms with Crippen LogP contribution >= 0.6 is 11.3 Å². The number of rotatable bonds is 19. The Morgan fingerprint density at radius 1 is 0.800 bits per heavy atom. The number of ether oxygens (including phenoxy) is 4. The number of amides is 5. The van der Waals surface area contributed by atoms with Crippen LogP contribution in [0.5, 0.6) is 5.75 Å². The van der Waals surface area contributed by atoms with E-state index in [1.165, 1.54) is 11.3 Å². The van der Waals surface area contributed by atoms with Crippen LogP contribution in [0.2, 0.25) is 0 Å². The Balaban J connectivity index is 1.63. The maximum absolute atomic E-state index is 15.0. The number of nitrogens with zero attached hydrogens (tertiary/aromatic N) is 2. The zero-order chi connectivity index (χ0) is 44.1. The number of anilines is 1. The third kappa shape index (κ3) is 16.1. The molecular formula is C45H62N6O8S. The molecule has 1 aromatic heterocycles. The molecule has 0 aliphatic heterocycles. The summed E-state index contributed by atoms with van der Waals surface area (Å²) in [6.45, 7) is 19.6. The van der Waals surface area contributed by atoms with Gasteiger partial charge in [0.2, 0.25) is 11.8 Å². The second-order valence-corrected chi connectivity index (χ2v) is 18.0. The Labute approximate surface area is 358 Å². The Morgan fingerprint density at radius 2 is 1.47 bits per heavy atom. The molecule has 0 saturated carbocycles. The van der Waals surface area contributed by atoms with Gasteiger partial charge in [0.25, 0.3) is 0 Å². The van der Waals surface area contributed by atoms with Crippen molar-refractivity contribution >= 4 is 50.6 Å². The highest BCUT2D eigenvalue weighted by Crippen LogP contribution is 2.30. The van der Waals surface area contributed by atoms with Crippen molar-refractivity contribution in [3.8, 4) is 5.75 Å². The number of nitrogens with one attached hydrogen (secondary N) is 4. The van der Waals surface area contributed by atoms with Gasteiger partial charge in [-0.25, -0.2) is 14.6 Å². The van der Waals surface area contributed by atoms with Crippen molar-refractivity contribution in [2.45, 2.75) is 124 Å². The topological polar surface area (TPSA) is 169 Å². The molecule has 0 radical (unpaired) electrons. The van der Waals surface area contributed by atoms with E-state index in [1.807, 2.05) is 107 Å². The minimum Gasteiger partial charge on any atom is -0.488 e. The Bertz CT molecular complexity index is 2020.